The van der Waals surface area contributed by atoms with Crippen molar-refractivity contribution < 1.29 is 22.4 Å². The smallest absolute Gasteiger partial charge is 0.337 e. The van der Waals surface area contributed by atoms with Gasteiger partial charge in [-0.3, -0.25) is 10.3 Å². The van der Waals surface area contributed by atoms with Crippen molar-refractivity contribution in [2.24, 2.45) is 0 Å². The minimum atomic E-state index is -4.49. The molecule has 0 unspecified atom stereocenters. The zero-order valence-corrected chi connectivity index (χ0v) is 16.9. The third-order valence-corrected chi connectivity index (χ3v) is 4.50. The Morgan fingerprint density at radius 2 is 1.97 bits per heavy atom. The first kappa shape index (κ1) is 22.1. The number of carbonyl (C=O) groups excluding carboxylic acids is 1. The first-order chi connectivity index (χ1) is 15.8. The maximum atomic E-state index is 13.0. The van der Waals surface area contributed by atoms with E-state index in [4.69, 9.17) is 0 Å². The fourth-order valence-corrected chi connectivity index (χ4v) is 2.97. The van der Waals surface area contributed by atoms with Crippen molar-refractivity contribution in [2.75, 3.05) is 18.5 Å². The van der Waals surface area contributed by atoms with Gasteiger partial charge in [0.25, 0.3) is 0 Å². The molecule has 0 aliphatic carbocycles. The van der Waals surface area contributed by atoms with Crippen molar-refractivity contribution in [3.05, 3.63) is 54.4 Å². The third-order valence-electron chi connectivity index (χ3n) is 4.50. The number of hydrogen-bond donors (Lipinski definition) is 2. The summed E-state index contributed by atoms with van der Waals surface area (Å²) in [6, 6.07) is 3.73. The van der Waals surface area contributed by atoms with Crippen molar-refractivity contribution in [1.82, 2.24) is 39.9 Å². The number of anilines is 1. The van der Waals surface area contributed by atoms with Crippen molar-refractivity contribution in [3.63, 3.8) is 0 Å². The second kappa shape index (κ2) is 9.18. The van der Waals surface area contributed by atoms with Gasteiger partial charge in [0.1, 0.15) is 12.3 Å². The highest BCUT2D eigenvalue weighted by Crippen LogP contribution is 2.31. The minimum Gasteiger partial charge on any atom is -0.337 e. The van der Waals surface area contributed by atoms with Crippen LogP contribution in [0.1, 0.15) is 11.4 Å². The molecule has 0 bridgehead atoms. The lowest BCUT2D eigenvalue weighted by Gasteiger charge is -2.08. The summed E-state index contributed by atoms with van der Waals surface area (Å²) >= 11 is 0. The summed E-state index contributed by atoms with van der Waals surface area (Å²) in [4.78, 5) is 21.2. The SMILES string of the molecule is O=C(NCCc1nnn(CCF)n1)Nc1cn2cc(-c3cncc(C(F)(F)F)c3)ccc2n1. The van der Waals surface area contributed by atoms with Crippen LogP contribution in [0.15, 0.2) is 43.0 Å². The molecule has 2 amide bonds. The molecule has 33 heavy (non-hydrogen) atoms. The number of aromatic nitrogens is 7. The molecule has 10 nitrogen and oxygen atoms in total. The average molecular weight is 463 g/mol. The number of aryl methyl sites for hydroxylation is 1. The molecular weight excluding hydrogens is 446 g/mol. The molecular formula is C19H17F4N9O. The van der Waals surface area contributed by atoms with Crippen LogP contribution in [0.3, 0.4) is 0 Å². The lowest BCUT2D eigenvalue weighted by Crippen LogP contribution is -2.30. The number of hydrogen-bond acceptors (Lipinski definition) is 6. The van der Waals surface area contributed by atoms with Crippen LogP contribution in [-0.4, -0.2) is 53.8 Å². The number of tetrazole rings is 1. The van der Waals surface area contributed by atoms with Gasteiger partial charge in [0, 0.05) is 42.7 Å². The third kappa shape index (κ3) is 5.39. The summed E-state index contributed by atoms with van der Waals surface area (Å²) in [5.74, 6) is 0.618. The summed E-state index contributed by atoms with van der Waals surface area (Å²) in [7, 11) is 0. The van der Waals surface area contributed by atoms with Gasteiger partial charge >= 0.3 is 12.2 Å². The Labute approximate surface area is 183 Å². The van der Waals surface area contributed by atoms with Crippen LogP contribution >= 0.6 is 0 Å². The van der Waals surface area contributed by atoms with E-state index < -0.39 is 24.4 Å². The molecule has 0 aliphatic rings. The molecule has 2 N–H and O–H groups in total. The molecule has 4 heterocycles. The monoisotopic (exact) mass is 463 g/mol. The summed E-state index contributed by atoms with van der Waals surface area (Å²) in [6.45, 7) is -0.373. The van der Waals surface area contributed by atoms with Crippen LogP contribution in [0.25, 0.3) is 16.8 Å². The molecule has 14 heteroatoms. The predicted octanol–water partition coefficient (Wildman–Crippen LogP) is 2.74. The van der Waals surface area contributed by atoms with E-state index in [9.17, 15) is 22.4 Å². The first-order valence-corrected chi connectivity index (χ1v) is 9.71. The largest absolute Gasteiger partial charge is 0.417 e. The number of pyridine rings is 2. The van der Waals surface area contributed by atoms with E-state index in [1.165, 1.54) is 12.4 Å². The van der Waals surface area contributed by atoms with Crippen molar-refractivity contribution in [2.45, 2.75) is 19.1 Å². The van der Waals surface area contributed by atoms with Gasteiger partial charge in [-0.15, -0.1) is 10.2 Å². The number of rotatable bonds is 7. The van der Waals surface area contributed by atoms with Gasteiger partial charge in [0.2, 0.25) is 0 Å². The molecule has 0 fully saturated rings. The van der Waals surface area contributed by atoms with Gasteiger partial charge in [-0.25, -0.2) is 14.2 Å². The standard InChI is InChI=1S/C19H17F4N9O/c20-4-6-32-29-15(28-30-32)3-5-25-18(33)27-16-11-31-10-12(1-2-17(31)26-16)13-7-14(9-24-8-13)19(21,22)23/h1-2,7-11H,3-6H2,(H2,25,27,33). The van der Waals surface area contributed by atoms with Crippen molar-refractivity contribution in [3.8, 4) is 11.1 Å². The molecule has 0 radical (unpaired) electrons. The van der Waals surface area contributed by atoms with E-state index in [1.807, 2.05) is 0 Å². The summed E-state index contributed by atoms with van der Waals surface area (Å²) < 4.78 is 52.7. The number of nitrogens with one attached hydrogen (secondary N) is 2. The van der Waals surface area contributed by atoms with Crippen molar-refractivity contribution >= 4 is 17.5 Å². The van der Waals surface area contributed by atoms with E-state index in [0.29, 0.717) is 29.0 Å². The van der Waals surface area contributed by atoms with Crippen LogP contribution in [0.5, 0.6) is 0 Å². The van der Waals surface area contributed by atoms with Gasteiger partial charge in [-0.05, 0) is 23.4 Å². The Morgan fingerprint density at radius 3 is 2.76 bits per heavy atom. The van der Waals surface area contributed by atoms with E-state index in [-0.39, 0.29) is 18.9 Å². The predicted molar refractivity (Wildman–Crippen MR) is 108 cm³/mol. The normalized spacial score (nSPS) is 11.6. The quantitative estimate of drug-likeness (QED) is 0.408. The van der Waals surface area contributed by atoms with Crippen molar-refractivity contribution in [1.29, 1.82) is 0 Å². The van der Waals surface area contributed by atoms with Gasteiger partial charge in [-0.2, -0.15) is 18.0 Å². The fraction of sp³-hybridized carbons (Fsp3) is 0.263. The number of fused-ring (bicyclic) bond motifs is 1. The van der Waals surface area contributed by atoms with Gasteiger partial charge in [0.05, 0.1) is 18.3 Å². The Hall–Kier alpha value is -4.10. The van der Waals surface area contributed by atoms with E-state index >= 15 is 0 Å². The molecule has 0 saturated carbocycles. The Balaban J connectivity index is 1.38. The molecule has 172 valence electrons. The Bertz CT molecular complexity index is 1270. The number of nitrogens with zero attached hydrogens (tertiary/aromatic N) is 7. The highest BCUT2D eigenvalue weighted by Gasteiger charge is 2.31. The van der Waals surface area contributed by atoms with Crippen LogP contribution < -0.4 is 10.6 Å². The van der Waals surface area contributed by atoms with E-state index in [2.05, 4.69) is 36.0 Å². The Morgan fingerprint density at radius 1 is 1.12 bits per heavy atom. The minimum absolute atomic E-state index is 0.0147. The summed E-state index contributed by atoms with van der Waals surface area (Å²) in [5.41, 5.74) is 0.445. The van der Waals surface area contributed by atoms with Crippen LogP contribution in [0.2, 0.25) is 0 Å². The topological polar surface area (TPSA) is 115 Å². The number of urea groups is 1. The highest BCUT2D eigenvalue weighted by atomic mass is 19.4. The van der Waals surface area contributed by atoms with E-state index in [1.54, 1.807) is 22.7 Å². The molecule has 4 rings (SSSR count). The summed E-state index contributed by atoms with van der Waals surface area (Å²) in [5, 5.41) is 16.6. The number of carbonyl (C=O) groups is 1. The zero-order valence-electron chi connectivity index (χ0n) is 16.9. The maximum absolute atomic E-state index is 13.0. The molecule has 0 atom stereocenters. The molecule has 0 aliphatic heterocycles. The second-order valence-electron chi connectivity index (χ2n) is 6.89. The molecule has 0 spiro atoms. The Kier molecular flexibility index (Phi) is 6.15. The fourth-order valence-electron chi connectivity index (χ4n) is 2.97. The molecule has 4 aromatic heterocycles. The van der Waals surface area contributed by atoms with E-state index in [0.717, 1.165) is 17.1 Å². The molecule has 0 aromatic carbocycles. The molecule has 0 saturated heterocycles. The maximum Gasteiger partial charge on any atom is 0.417 e. The summed E-state index contributed by atoms with van der Waals surface area (Å²) in [6.07, 6.45) is 1.04. The number of alkyl halides is 4. The zero-order chi connectivity index (χ0) is 23.4. The van der Waals surface area contributed by atoms with Crippen LogP contribution in [0.4, 0.5) is 28.2 Å². The lowest BCUT2D eigenvalue weighted by atomic mass is 10.1. The lowest BCUT2D eigenvalue weighted by molar-refractivity contribution is -0.137. The highest BCUT2D eigenvalue weighted by molar-refractivity contribution is 5.88. The van der Waals surface area contributed by atoms with Gasteiger partial charge in [-0.1, -0.05) is 0 Å². The number of halogens is 4. The second-order valence-corrected chi connectivity index (χ2v) is 6.89. The number of amides is 2. The van der Waals surface area contributed by atoms with Crippen LogP contribution in [0, 0.1) is 0 Å². The average Bonchev–Trinajstić information content (AvgIpc) is 3.39. The van der Waals surface area contributed by atoms with Gasteiger partial charge < -0.3 is 9.72 Å². The molecule has 4 aromatic rings. The first-order valence-electron chi connectivity index (χ1n) is 9.71. The van der Waals surface area contributed by atoms with Crippen LogP contribution in [-0.2, 0) is 19.1 Å². The number of imidazole rings is 1. The van der Waals surface area contributed by atoms with Gasteiger partial charge in [0.15, 0.2) is 11.6 Å².